The van der Waals surface area contributed by atoms with Crippen molar-refractivity contribution in [2.24, 2.45) is 0 Å². The Morgan fingerprint density at radius 2 is 1.59 bits per heavy atom. The summed E-state index contributed by atoms with van der Waals surface area (Å²) in [6.45, 7) is 3.76. The summed E-state index contributed by atoms with van der Waals surface area (Å²) in [7, 11) is -3.59. The summed E-state index contributed by atoms with van der Waals surface area (Å²) in [5, 5.41) is 2.98. The Morgan fingerprint density at radius 1 is 1.04 bits per heavy atom. The van der Waals surface area contributed by atoms with Gasteiger partial charge >= 0.3 is 0 Å². The smallest absolute Gasteiger partial charge is 0.244 e. The van der Waals surface area contributed by atoms with Crippen molar-refractivity contribution in [3.8, 4) is 0 Å². The number of rotatable bonds is 9. The molecule has 5 nitrogen and oxygen atoms in total. The van der Waals surface area contributed by atoms with Gasteiger partial charge in [0.1, 0.15) is 6.04 Å². The molecule has 2 rings (SSSR count). The molecular formula is C21H28N2O3S. The molecular weight excluding hydrogens is 360 g/mol. The summed E-state index contributed by atoms with van der Waals surface area (Å²) in [4.78, 5) is 12.8. The minimum Gasteiger partial charge on any atom is -0.352 e. The first-order valence-electron chi connectivity index (χ1n) is 9.21. The van der Waals surface area contributed by atoms with E-state index in [9.17, 15) is 13.2 Å². The molecule has 6 heteroatoms. The molecule has 2 aromatic carbocycles. The van der Waals surface area contributed by atoms with Crippen molar-refractivity contribution in [3.05, 3.63) is 66.2 Å². The number of aryl methyl sites for hydroxylation is 1. The number of amides is 1. The van der Waals surface area contributed by atoms with E-state index in [0.717, 1.165) is 19.1 Å². The predicted octanol–water partition coefficient (Wildman–Crippen LogP) is 3.37. The van der Waals surface area contributed by atoms with Gasteiger partial charge in [0.05, 0.1) is 11.9 Å². The van der Waals surface area contributed by atoms with Crippen LogP contribution in [-0.4, -0.2) is 32.7 Å². The molecule has 0 fully saturated rings. The van der Waals surface area contributed by atoms with E-state index in [1.807, 2.05) is 38.1 Å². The normalized spacial score (nSPS) is 13.6. The second kappa shape index (κ2) is 9.55. The Bertz CT molecular complexity index is 823. The molecule has 0 radical (unpaired) electrons. The molecule has 2 aromatic rings. The summed E-state index contributed by atoms with van der Waals surface area (Å²) >= 11 is 0. The van der Waals surface area contributed by atoms with Crippen LogP contribution in [-0.2, 0) is 21.2 Å². The summed E-state index contributed by atoms with van der Waals surface area (Å²) < 4.78 is 26.0. The van der Waals surface area contributed by atoms with Crippen molar-refractivity contribution in [2.45, 2.75) is 45.2 Å². The zero-order valence-electron chi connectivity index (χ0n) is 16.1. The van der Waals surface area contributed by atoms with Crippen LogP contribution in [0.2, 0.25) is 0 Å². The molecule has 1 amide bonds. The number of anilines is 1. The lowest BCUT2D eigenvalue weighted by Crippen LogP contribution is -2.51. The van der Waals surface area contributed by atoms with Crippen LogP contribution < -0.4 is 9.62 Å². The molecule has 0 aromatic heterocycles. The molecule has 0 saturated carbocycles. The fourth-order valence-corrected chi connectivity index (χ4v) is 4.29. The third kappa shape index (κ3) is 6.10. The maximum absolute atomic E-state index is 12.8. The topological polar surface area (TPSA) is 66.5 Å². The van der Waals surface area contributed by atoms with Crippen LogP contribution in [0.4, 0.5) is 5.69 Å². The van der Waals surface area contributed by atoms with Gasteiger partial charge in [-0.1, -0.05) is 55.5 Å². The average molecular weight is 389 g/mol. The Morgan fingerprint density at radius 3 is 2.11 bits per heavy atom. The molecule has 0 aliphatic heterocycles. The van der Waals surface area contributed by atoms with Crippen molar-refractivity contribution >= 4 is 21.6 Å². The van der Waals surface area contributed by atoms with Gasteiger partial charge in [0, 0.05) is 6.04 Å². The number of carbonyl (C=O) groups excluding carboxylic acids is 1. The van der Waals surface area contributed by atoms with Gasteiger partial charge in [-0.15, -0.1) is 0 Å². The fraction of sp³-hybridized carbons (Fsp3) is 0.381. The van der Waals surface area contributed by atoms with E-state index in [0.29, 0.717) is 12.1 Å². The molecule has 1 N–H and O–H groups in total. The highest BCUT2D eigenvalue weighted by Crippen LogP contribution is 2.22. The number of sulfonamides is 1. The molecule has 0 saturated heterocycles. The van der Waals surface area contributed by atoms with E-state index in [4.69, 9.17) is 0 Å². The summed E-state index contributed by atoms with van der Waals surface area (Å²) in [6.07, 6.45) is 3.16. The lowest BCUT2D eigenvalue weighted by atomic mass is 10.1. The second-order valence-corrected chi connectivity index (χ2v) is 8.61. The molecule has 0 aliphatic rings. The average Bonchev–Trinajstić information content (AvgIpc) is 2.64. The van der Waals surface area contributed by atoms with Crippen LogP contribution in [0.3, 0.4) is 0 Å². The van der Waals surface area contributed by atoms with Crippen molar-refractivity contribution in [3.63, 3.8) is 0 Å². The number of benzene rings is 2. The Labute approximate surface area is 162 Å². The minimum atomic E-state index is -3.59. The summed E-state index contributed by atoms with van der Waals surface area (Å²) in [6, 6.07) is 18.0. The third-order valence-corrected chi connectivity index (χ3v) is 5.62. The van der Waals surface area contributed by atoms with Gasteiger partial charge in [0.25, 0.3) is 0 Å². The SMILES string of the molecule is CC[C@H](C(=O)N[C@@H](C)CCc1ccccc1)N(c1ccccc1)S(C)(=O)=O. The van der Waals surface area contributed by atoms with Crippen LogP contribution in [0.5, 0.6) is 0 Å². The van der Waals surface area contributed by atoms with Crippen molar-refractivity contribution < 1.29 is 13.2 Å². The maximum Gasteiger partial charge on any atom is 0.244 e. The number of nitrogens with zero attached hydrogens (tertiary/aromatic N) is 1. The van der Waals surface area contributed by atoms with Gasteiger partial charge < -0.3 is 5.32 Å². The maximum atomic E-state index is 12.8. The predicted molar refractivity (Wildman–Crippen MR) is 110 cm³/mol. The Balaban J connectivity index is 2.08. The highest BCUT2D eigenvalue weighted by molar-refractivity contribution is 7.92. The highest BCUT2D eigenvalue weighted by Gasteiger charge is 2.31. The zero-order valence-corrected chi connectivity index (χ0v) is 16.9. The van der Waals surface area contributed by atoms with Crippen LogP contribution in [0.25, 0.3) is 0 Å². The van der Waals surface area contributed by atoms with Gasteiger partial charge in [0.2, 0.25) is 15.9 Å². The van der Waals surface area contributed by atoms with E-state index in [1.54, 1.807) is 24.3 Å². The van der Waals surface area contributed by atoms with Gasteiger partial charge in [0.15, 0.2) is 0 Å². The lowest BCUT2D eigenvalue weighted by Gasteiger charge is -2.31. The van der Waals surface area contributed by atoms with Gasteiger partial charge in [-0.3, -0.25) is 9.10 Å². The van der Waals surface area contributed by atoms with Gasteiger partial charge in [-0.2, -0.15) is 0 Å². The number of nitrogens with one attached hydrogen (secondary N) is 1. The van der Waals surface area contributed by atoms with Crippen LogP contribution in [0.1, 0.15) is 32.3 Å². The largest absolute Gasteiger partial charge is 0.352 e. The molecule has 0 spiro atoms. The quantitative estimate of drug-likeness (QED) is 0.716. The van der Waals surface area contributed by atoms with Crippen molar-refractivity contribution in [2.75, 3.05) is 10.6 Å². The fourth-order valence-electron chi connectivity index (χ4n) is 3.07. The van der Waals surface area contributed by atoms with E-state index in [2.05, 4.69) is 17.4 Å². The van der Waals surface area contributed by atoms with E-state index >= 15 is 0 Å². The number of hydrogen-bond donors (Lipinski definition) is 1. The van der Waals surface area contributed by atoms with Crippen molar-refractivity contribution in [1.82, 2.24) is 5.32 Å². The first kappa shape index (κ1) is 21.0. The van der Waals surface area contributed by atoms with Gasteiger partial charge in [-0.25, -0.2) is 8.42 Å². The molecule has 0 bridgehead atoms. The summed E-state index contributed by atoms with van der Waals surface area (Å²) in [5.74, 6) is -0.271. The first-order chi connectivity index (χ1) is 12.8. The molecule has 2 atom stereocenters. The third-order valence-electron chi connectivity index (χ3n) is 4.44. The van der Waals surface area contributed by atoms with Crippen molar-refractivity contribution in [1.29, 1.82) is 0 Å². The first-order valence-corrected chi connectivity index (χ1v) is 11.1. The van der Waals surface area contributed by atoms with Gasteiger partial charge in [-0.05, 0) is 43.9 Å². The zero-order chi connectivity index (χ0) is 19.9. The second-order valence-electron chi connectivity index (χ2n) is 6.75. The van der Waals surface area contributed by atoms with E-state index < -0.39 is 16.1 Å². The molecule has 27 heavy (non-hydrogen) atoms. The molecule has 0 heterocycles. The molecule has 0 aliphatic carbocycles. The summed E-state index contributed by atoms with van der Waals surface area (Å²) in [5.41, 5.74) is 1.71. The lowest BCUT2D eigenvalue weighted by molar-refractivity contribution is -0.122. The molecule has 0 unspecified atom stereocenters. The van der Waals surface area contributed by atoms with Crippen LogP contribution >= 0.6 is 0 Å². The monoisotopic (exact) mass is 388 g/mol. The minimum absolute atomic E-state index is 0.0519. The Hall–Kier alpha value is -2.34. The van der Waals surface area contributed by atoms with Crippen LogP contribution in [0.15, 0.2) is 60.7 Å². The van der Waals surface area contributed by atoms with Crippen LogP contribution in [0, 0.1) is 0 Å². The van der Waals surface area contributed by atoms with E-state index in [-0.39, 0.29) is 11.9 Å². The highest BCUT2D eigenvalue weighted by atomic mass is 32.2. The number of carbonyl (C=O) groups is 1. The molecule has 146 valence electrons. The number of para-hydroxylation sites is 1. The Kier molecular flexibility index (Phi) is 7.42. The van der Waals surface area contributed by atoms with E-state index in [1.165, 1.54) is 9.87 Å². The number of hydrogen-bond acceptors (Lipinski definition) is 3. The standard InChI is InChI=1S/C21H28N2O3S/c1-4-20(23(27(3,25)26)19-13-9-6-10-14-19)21(24)22-17(2)15-16-18-11-7-5-8-12-18/h5-14,17,20H,4,15-16H2,1-3H3,(H,22,24)/t17-,20+/m0/s1.